The Morgan fingerprint density at radius 1 is 0.828 bits per heavy atom. The van der Waals surface area contributed by atoms with Crippen molar-refractivity contribution in [1.82, 2.24) is 0 Å². The van der Waals surface area contributed by atoms with Crippen LogP contribution in [0.2, 0.25) is 0 Å². The molecule has 0 spiro atoms. The zero-order chi connectivity index (χ0) is 20.8. The van der Waals surface area contributed by atoms with Crippen molar-refractivity contribution in [3.63, 3.8) is 0 Å². The van der Waals surface area contributed by atoms with Crippen molar-refractivity contribution in [2.75, 3.05) is 13.7 Å². The average Bonchev–Trinajstić information content (AvgIpc) is 2.74. The third-order valence-electron chi connectivity index (χ3n) is 3.96. The van der Waals surface area contributed by atoms with Gasteiger partial charge in [0.15, 0.2) is 6.61 Å². The number of carbonyl (C=O) groups is 2. The molecule has 3 rings (SSSR count). The van der Waals surface area contributed by atoms with Crippen LogP contribution >= 0.6 is 31.9 Å². The van der Waals surface area contributed by atoms with Gasteiger partial charge < -0.3 is 14.2 Å². The first-order valence-electron chi connectivity index (χ1n) is 8.54. The van der Waals surface area contributed by atoms with Crippen molar-refractivity contribution in [3.05, 3.63) is 81.2 Å². The molecule has 0 fully saturated rings. The van der Waals surface area contributed by atoms with E-state index in [1.807, 2.05) is 42.5 Å². The first-order valence-corrected chi connectivity index (χ1v) is 10.1. The summed E-state index contributed by atoms with van der Waals surface area (Å²) in [5.41, 5.74) is 2.46. The van der Waals surface area contributed by atoms with Gasteiger partial charge in [0, 0.05) is 0 Å². The highest BCUT2D eigenvalue weighted by atomic mass is 79.9. The highest BCUT2D eigenvalue weighted by Gasteiger charge is 2.13. The number of methoxy groups -OCH3 is 1. The molecule has 7 heteroatoms. The fourth-order valence-electron chi connectivity index (χ4n) is 2.55. The Kier molecular flexibility index (Phi) is 7.06. The fourth-order valence-corrected chi connectivity index (χ4v) is 3.50. The molecule has 0 aliphatic heterocycles. The molecule has 0 unspecified atom stereocenters. The second-order valence-electron chi connectivity index (χ2n) is 5.91. The van der Waals surface area contributed by atoms with E-state index in [1.54, 1.807) is 6.07 Å². The summed E-state index contributed by atoms with van der Waals surface area (Å²) < 4.78 is 16.7. The quantitative estimate of drug-likeness (QED) is 0.311. The van der Waals surface area contributed by atoms with Gasteiger partial charge in [-0.25, -0.2) is 9.59 Å². The second-order valence-corrected chi connectivity index (χ2v) is 7.62. The molecule has 0 atom stereocenters. The van der Waals surface area contributed by atoms with Crippen molar-refractivity contribution in [3.8, 4) is 22.6 Å². The van der Waals surface area contributed by atoms with Crippen molar-refractivity contribution in [2.24, 2.45) is 0 Å². The minimum atomic E-state index is -0.574. The predicted octanol–water partition coefficient (Wildman–Crippen LogP) is 5.65. The van der Waals surface area contributed by atoms with Crippen molar-refractivity contribution >= 4 is 43.8 Å². The van der Waals surface area contributed by atoms with Crippen LogP contribution in [-0.4, -0.2) is 25.7 Å². The zero-order valence-electron chi connectivity index (χ0n) is 15.4. The Morgan fingerprint density at radius 3 is 2.17 bits per heavy atom. The lowest BCUT2D eigenvalue weighted by Crippen LogP contribution is -2.18. The fraction of sp³-hybridized carbons (Fsp3) is 0.0909. The van der Waals surface area contributed by atoms with E-state index >= 15 is 0 Å². The van der Waals surface area contributed by atoms with Crippen LogP contribution in [0.4, 0.5) is 0 Å². The minimum Gasteiger partial charge on any atom is -0.481 e. The summed E-state index contributed by atoms with van der Waals surface area (Å²) in [6.07, 6.45) is 0. The van der Waals surface area contributed by atoms with E-state index in [-0.39, 0.29) is 12.4 Å². The van der Waals surface area contributed by atoms with E-state index in [4.69, 9.17) is 9.47 Å². The van der Waals surface area contributed by atoms with Crippen LogP contribution in [0.5, 0.6) is 11.5 Å². The molecule has 0 radical (unpaired) electrons. The van der Waals surface area contributed by atoms with Crippen LogP contribution in [0, 0.1) is 0 Å². The number of carbonyl (C=O) groups excluding carboxylic acids is 2. The minimum absolute atomic E-state index is 0.269. The van der Waals surface area contributed by atoms with Gasteiger partial charge in [0.05, 0.1) is 21.6 Å². The van der Waals surface area contributed by atoms with Crippen molar-refractivity contribution in [2.45, 2.75) is 0 Å². The van der Waals surface area contributed by atoms with Gasteiger partial charge in [0.25, 0.3) is 0 Å². The van der Waals surface area contributed by atoms with Gasteiger partial charge in [-0.15, -0.1) is 0 Å². The van der Waals surface area contributed by atoms with Gasteiger partial charge in [-0.3, -0.25) is 0 Å². The summed E-state index contributed by atoms with van der Waals surface area (Å²) in [7, 11) is 1.30. The maximum Gasteiger partial charge on any atom is 0.349 e. The molecule has 0 aliphatic carbocycles. The first-order chi connectivity index (χ1) is 14.0. The maximum atomic E-state index is 12.1. The number of esters is 2. The molecular weight excluding hydrogens is 504 g/mol. The zero-order valence-corrected chi connectivity index (χ0v) is 18.5. The monoisotopic (exact) mass is 518 g/mol. The largest absolute Gasteiger partial charge is 0.481 e. The van der Waals surface area contributed by atoms with Crippen LogP contribution < -0.4 is 9.47 Å². The summed E-state index contributed by atoms with van der Waals surface area (Å²) >= 11 is 6.75. The van der Waals surface area contributed by atoms with Crippen molar-refractivity contribution < 1.29 is 23.8 Å². The lowest BCUT2D eigenvalue weighted by Gasteiger charge is -2.11. The third-order valence-corrected chi connectivity index (χ3v) is 5.20. The molecule has 0 bridgehead atoms. The number of halogens is 2. The van der Waals surface area contributed by atoms with Crippen LogP contribution in [-0.2, 0) is 9.53 Å². The lowest BCUT2D eigenvalue weighted by atomic mass is 10.1. The summed E-state index contributed by atoms with van der Waals surface area (Å²) in [5.74, 6) is -0.238. The molecular formula is C22H16Br2O5. The van der Waals surface area contributed by atoms with Crippen LogP contribution in [0.15, 0.2) is 75.7 Å². The molecule has 0 amide bonds. The SMILES string of the molecule is COC(=O)c1ccc(OC(=O)COc2ccc(-c3ccccc3)cc2Br)c(Br)c1. The smallest absolute Gasteiger partial charge is 0.349 e. The van der Waals surface area contributed by atoms with Crippen LogP contribution in [0.1, 0.15) is 10.4 Å². The summed E-state index contributed by atoms with van der Waals surface area (Å²) in [6.45, 7) is -0.269. The number of benzene rings is 3. The first kappa shape index (κ1) is 21.1. The van der Waals surface area contributed by atoms with Gasteiger partial charge in [-0.2, -0.15) is 0 Å². The van der Waals surface area contributed by atoms with Gasteiger partial charge >= 0.3 is 11.9 Å². The molecule has 0 aliphatic rings. The van der Waals surface area contributed by atoms with Crippen molar-refractivity contribution in [1.29, 1.82) is 0 Å². The molecule has 148 valence electrons. The standard InChI is InChI=1S/C22H16Br2O5/c1-27-22(26)16-8-10-20(18(24)12-16)29-21(25)13-28-19-9-7-15(11-17(19)23)14-5-3-2-4-6-14/h2-12H,13H2,1H3. The second kappa shape index (κ2) is 9.71. The topological polar surface area (TPSA) is 61.8 Å². The number of hydrogen-bond acceptors (Lipinski definition) is 5. The number of ether oxygens (including phenoxy) is 3. The number of hydrogen-bond donors (Lipinski definition) is 0. The third kappa shape index (κ3) is 5.46. The van der Waals surface area contributed by atoms with E-state index in [0.717, 1.165) is 15.6 Å². The molecule has 0 aromatic heterocycles. The molecule has 0 saturated heterocycles. The Balaban J connectivity index is 1.62. The molecule has 3 aromatic carbocycles. The normalized spacial score (nSPS) is 10.3. The lowest BCUT2D eigenvalue weighted by molar-refractivity contribution is -0.136. The summed E-state index contributed by atoms with van der Waals surface area (Å²) in [5, 5.41) is 0. The van der Waals surface area contributed by atoms with E-state index in [2.05, 4.69) is 36.6 Å². The Labute approximate surface area is 184 Å². The summed E-state index contributed by atoms with van der Waals surface area (Å²) in [4.78, 5) is 23.7. The van der Waals surface area contributed by atoms with E-state index in [1.165, 1.54) is 25.3 Å². The molecule has 3 aromatic rings. The highest BCUT2D eigenvalue weighted by molar-refractivity contribution is 9.10. The van der Waals surface area contributed by atoms with E-state index in [0.29, 0.717) is 15.8 Å². The predicted molar refractivity (Wildman–Crippen MR) is 116 cm³/mol. The summed E-state index contributed by atoms with van der Waals surface area (Å²) in [6, 6.07) is 20.1. The number of rotatable bonds is 6. The molecule has 5 nitrogen and oxygen atoms in total. The van der Waals surface area contributed by atoms with Crippen LogP contribution in [0.25, 0.3) is 11.1 Å². The van der Waals surface area contributed by atoms with E-state index in [9.17, 15) is 9.59 Å². The van der Waals surface area contributed by atoms with Crippen LogP contribution in [0.3, 0.4) is 0 Å². The Hall–Kier alpha value is -2.64. The molecule has 0 heterocycles. The van der Waals surface area contributed by atoms with Gasteiger partial charge in [-0.1, -0.05) is 36.4 Å². The van der Waals surface area contributed by atoms with E-state index < -0.39 is 11.9 Å². The van der Waals surface area contributed by atoms with Gasteiger partial charge in [0.2, 0.25) is 0 Å². The molecule has 0 saturated carbocycles. The highest BCUT2D eigenvalue weighted by Crippen LogP contribution is 2.31. The molecule has 0 N–H and O–H groups in total. The Morgan fingerprint density at radius 2 is 1.52 bits per heavy atom. The average molecular weight is 520 g/mol. The van der Waals surface area contributed by atoms with Gasteiger partial charge in [0.1, 0.15) is 11.5 Å². The maximum absolute atomic E-state index is 12.1. The molecule has 29 heavy (non-hydrogen) atoms. The Bertz CT molecular complexity index is 1030. The van der Waals surface area contributed by atoms with Gasteiger partial charge in [-0.05, 0) is 73.3 Å².